The number of benzene rings is 2. The number of halogens is 4. The van der Waals surface area contributed by atoms with Crippen LogP contribution < -0.4 is 16.4 Å². The first-order valence-electron chi connectivity index (χ1n) is 12.5. The first-order chi connectivity index (χ1) is 18.2. The van der Waals surface area contributed by atoms with E-state index in [1.165, 1.54) is 37.3 Å². The Kier molecular flexibility index (Phi) is 10.0. The Morgan fingerprint density at radius 2 is 1.90 bits per heavy atom. The minimum absolute atomic E-state index is 0.00188. The number of carbonyl (C=O) groups excluding carboxylic acids is 2. The highest BCUT2D eigenvalue weighted by Gasteiger charge is 2.35. The number of carbonyl (C=O) groups is 2. The molecule has 214 valence electrons. The largest absolute Gasteiger partial charge is 0.416 e. The highest BCUT2D eigenvalue weighted by molar-refractivity contribution is 7.91. The van der Waals surface area contributed by atoms with E-state index in [4.69, 9.17) is 17.3 Å². The first-order valence-corrected chi connectivity index (χ1v) is 14.5. The van der Waals surface area contributed by atoms with E-state index in [0.29, 0.717) is 25.9 Å². The molecule has 0 spiro atoms. The molecule has 1 fully saturated rings. The maximum absolute atomic E-state index is 14.0. The van der Waals surface area contributed by atoms with E-state index in [1.54, 1.807) is 6.92 Å². The lowest BCUT2D eigenvalue weighted by Crippen LogP contribution is -2.51. The molecule has 2 amide bonds. The van der Waals surface area contributed by atoms with Crippen molar-refractivity contribution < 1.29 is 31.2 Å². The highest BCUT2D eigenvalue weighted by Crippen LogP contribution is 2.34. The van der Waals surface area contributed by atoms with Crippen LogP contribution in [0.15, 0.2) is 41.3 Å². The number of hydrogen-bond donors (Lipinski definition) is 3. The van der Waals surface area contributed by atoms with Crippen molar-refractivity contribution in [3.05, 3.63) is 63.7 Å². The van der Waals surface area contributed by atoms with Crippen LogP contribution in [0.1, 0.15) is 53.7 Å². The van der Waals surface area contributed by atoms with Crippen molar-refractivity contribution in [3.63, 3.8) is 0 Å². The van der Waals surface area contributed by atoms with Crippen molar-refractivity contribution in [2.45, 2.75) is 62.9 Å². The molecule has 13 heteroatoms. The predicted molar refractivity (Wildman–Crippen MR) is 142 cm³/mol. The summed E-state index contributed by atoms with van der Waals surface area (Å²) in [5.41, 5.74) is 4.69. The van der Waals surface area contributed by atoms with Crippen LogP contribution in [0.3, 0.4) is 0 Å². The number of piperidine rings is 1. The van der Waals surface area contributed by atoms with Gasteiger partial charge in [-0.05, 0) is 67.8 Å². The second-order valence-corrected chi connectivity index (χ2v) is 12.3. The van der Waals surface area contributed by atoms with Crippen LogP contribution in [0.4, 0.5) is 13.2 Å². The van der Waals surface area contributed by atoms with Crippen molar-refractivity contribution in [1.82, 2.24) is 15.5 Å². The smallest absolute Gasteiger partial charge is 0.351 e. The van der Waals surface area contributed by atoms with E-state index in [0.717, 1.165) is 6.07 Å². The number of nitrogens with zero attached hydrogens (tertiary/aromatic N) is 1. The third kappa shape index (κ3) is 8.17. The summed E-state index contributed by atoms with van der Waals surface area (Å²) in [7, 11) is -3.61. The number of hydrogen-bond acceptors (Lipinski definition) is 6. The molecule has 4 N–H and O–H groups in total. The molecular weight excluding hydrogens is 557 g/mol. The topological polar surface area (TPSA) is 122 Å². The van der Waals surface area contributed by atoms with Gasteiger partial charge in [-0.1, -0.05) is 24.6 Å². The standard InChI is InChI=1S/C26H32ClF3N4O4S/c1-3-39(37,38)23-9-8-20(27)11-19(23)13-32-25(36)17-6-7-18(22(12-17)26(28,29)30)14-34-10-4-5-21(15-34)33-24(35)16(2)31/h6-9,11-12,16,21H,3-5,10,13-15,31H2,1-2H3,(H,32,36)(H,33,35)/t16-,21+/m1/s1. The molecule has 3 rings (SSSR count). The quantitative estimate of drug-likeness (QED) is 0.412. The SMILES string of the molecule is CCS(=O)(=O)c1ccc(Cl)cc1CNC(=O)c1ccc(CN2CCC[C@H](NC(=O)[C@@H](C)N)C2)c(C(F)(F)F)c1. The molecule has 0 bridgehead atoms. The van der Waals surface area contributed by atoms with Crippen molar-refractivity contribution >= 4 is 33.3 Å². The van der Waals surface area contributed by atoms with Gasteiger partial charge in [0.1, 0.15) is 0 Å². The molecule has 1 heterocycles. The molecule has 0 unspecified atom stereocenters. The number of sulfone groups is 1. The summed E-state index contributed by atoms with van der Waals surface area (Å²) in [6.45, 7) is 3.73. The Morgan fingerprint density at radius 3 is 2.54 bits per heavy atom. The van der Waals surface area contributed by atoms with Gasteiger partial charge in [-0.25, -0.2) is 8.42 Å². The van der Waals surface area contributed by atoms with E-state index in [2.05, 4.69) is 10.6 Å². The van der Waals surface area contributed by atoms with Crippen LogP contribution in [0.2, 0.25) is 5.02 Å². The first kappa shape index (κ1) is 30.9. The lowest BCUT2D eigenvalue weighted by atomic mass is 10.00. The molecule has 0 aliphatic carbocycles. The summed E-state index contributed by atoms with van der Waals surface area (Å²) in [4.78, 5) is 26.5. The fraction of sp³-hybridized carbons (Fsp3) is 0.462. The molecule has 2 atom stereocenters. The van der Waals surface area contributed by atoms with Gasteiger partial charge in [0.15, 0.2) is 9.84 Å². The molecule has 2 aromatic carbocycles. The monoisotopic (exact) mass is 588 g/mol. The van der Waals surface area contributed by atoms with E-state index in [1.807, 2.05) is 4.90 Å². The molecule has 1 saturated heterocycles. The van der Waals surface area contributed by atoms with Gasteiger partial charge in [0.25, 0.3) is 5.91 Å². The predicted octanol–water partition coefficient (Wildman–Crippen LogP) is 3.51. The van der Waals surface area contributed by atoms with Gasteiger partial charge in [0.2, 0.25) is 5.91 Å². The minimum Gasteiger partial charge on any atom is -0.351 e. The molecule has 8 nitrogen and oxygen atoms in total. The second kappa shape index (κ2) is 12.7. The third-order valence-corrected chi connectivity index (χ3v) is 8.58. The highest BCUT2D eigenvalue weighted by atomic mass is 35.5. The summed E-state index contributed by atoms with van der Waals surface area (Å²) >= 11 is 6.00. The Labute approximate surface area is 231 Å². The molecular formula is C26H32ClF3N4O4S. The van der Waals surface area contributed by atoms with E-state index in [9.17, 15) is 31.2 Å². The molecule has 0 saturated carbocycles. The molecule has 1 aliphatic rings. The number of rotatable bonds is 9. The summed E-state index contributed by atoms with van der Waals surface area (Å²) < 4.78 is 66.8. The molecule has 0 radical (unpaired) electrons. The van der Waals surface area contributed by atoms with Gasteiger partial charge in [0.05, 0.1) is 22.3 Å². The van der Waals surface area contributed by atoms with Gasteiger partial charge in [0, 0.05) is 36.3 Å². The van der Waals surface area contributed by atoms with Crippen LogP contribution in [0.5, 0.6) is 0 Å². The molecule has 2 aromatic rings. The summed E-state index contributed by atoms with van der Waals surface area (Å²) in [5, 5.41) is 5.58. The van der Waals surface area contributed by atoms with Gasteiger partial charge in [-0.3, -0.25) is 14.5 Å². The molecule has 39 heavy (non-hydrogen) atoms. The lowest BCUT2D eigenvalue weighted by molar-refractivity contribution is -0.138. The zero-order valence-electron chi connectivity index (χ0n) is 21.6. The van der Waals surface area contributed by atoms with Crippen molar-refractivity contribution in [2.24, 2.45) is 5.73 Å². The van der Waals surface area contributed by atoms with E-state index in [-0.39, 0.29) is 57.4 Å². The molecule has 1 aliphatic heterocycles. The van der Waals surface area contributed by atoms with Crippen molar-refractivity contribution in [1.29, 1.82) is 0 Å². The third-order valence-electron chi connectivity index (χ3n) is 6.51. The van der Waals surface area contributed by atoms with E-state index < -0.39 is 33.5 Å². The Balaban J connectivity index is 1.77. The van der Waals surface area contributed by atoms with Crippen molar-refractivity contribution in [2.75, 3.05) is 18.8 Å². The second-order valence-electron chi connectivity index (χ2n) is 9.58. The number of amides is 2. The maximum atomic E-state index is 14.0. The zero-order chi connectivity index (χ0) is 29.0. The fourth-order valence-electron chi connectivity index (χ4n) is 4.43. The van der Waals surface area contributed by atoms with Crippen LogP contribution in [0.25, 0.3) is 0 Å². The minimum atomic E-state index is -4.71. The fourth-order valence-corrected chi connectivity index (χ4v) is 5.74. The number of nitrogens with two attached hydrogens (primary N) is 1. The van der Waals surface area contributed by atoms with Gasteiger partial charge < -0.3 is 16.4 Å². The van der Waals surface area contributed by atoms with Crippen molar-refractivity contribution in [3.8, 4) is 0 Å². The van der Waals surface area contributed by atoms with Crippen LogP contribution >= 0.6 is 11.6 Å². The van der Waals surface area contributed by atoms with Gasteiger partial charge in [-0.15, -0.1) is 0 Å². The number of likely N-dealkylation sites (tertiary alicyclic amines) is 1. The van der Waals surface area contributed by atoms with Crippen LogP contribution in [0, 0.1) is 0 Å². The lowest BCUT2D eigenvalue weighted by Gasteiger charge is -2.34. The van der Waals surface area contributed by atoms with Gasteiger partial charge >= 0.3 is 6.18 Å². The summed E-state index contributed by atoms with van der Waals surface area (Å²) in [6, 6.07) is 6.63. The average molecular weight is 589 g/mol. The Hall–Kier alpha value is -2.67. The zero-order valence-corrected chi connectivity index (χ0v) is 23.2. The summed E-state index contributed by atoms with van der Waals surface area (Å²) in [6.07, 6.45) is -3.31. The van der Waals surface area contributed by atoms with Gasteiger partial charge in [-0.2, -0.15) is 13.2 Å². The molecule has 0 aromatic heterocycles. The number of nitrogens with one attached hydrogen (secondary N) is 2. The van der Waals surface area contributed by atoms with E-state index >= 15 is 0 Å². The number of alkyl halides is 3. The van der Waals surface area contributed by atoms with Crippen LogP contribution in [-0.2, 0) is 33.9 Å². The summed E-state index contributed by atoms with van der Waals surface area (Å²) in [5.74, 6) is -1.27. The average Bonchev–Trinajstić information content (AvgIpc) is 2.87. The maximum Gasteiger partial charge on any atom is 0.416 e. The normalized spacial score (nSPS) is 17.5. The van der Waals surface area contributed by atoms with Crippen LogP contribution in [-0.4, -0.2) is 56.1 Å². The Morgan fingerprint density at radius 1 is 1.18 bits per heavy atom. The Bertz CT molecular complexity index is 1320.